The zero-order valence-electron chi connectivity index (χ0n) is 12.9. The molecule has 0 unspecified atom stereocenters. The molecule has 1 N–H and O–H groups in total. The van der Waals surface area contributed by atoms with Crippen molar-refractivity contribution in [3.05, 3.63) is 0 Å². The van der Waals surface area contributed by atoms with E-state index in [0.29, 0.717) is 19.3 Å². The minimum Gasteiger partial charge on any atom is -0.385 e. The predicted molar refractivity (Wildman–Crippen MR) is 77.6 cm³/mol. The maximum absolute atomic E-state index is 6.06. The molecule has 0 saturated heterocycles. The first kappa shape index (κ1) is 16.9. The van der Waals surface area contributed by atoms with Crippen LogP contribution in [0.4, 0.5) is 0 Å². The number of hydrogen-bond donors (Lipinski definition) is 1. The van der Waals surface area contributed by atoms with Crippen LogP contribution in [0.25, 0.3) is 0 Å². The van der Waals surface area contributed by atoms with E-state index in [2.05, 4.69) is 19.2 Å². The number of rotatable bonds is 12. The molecule has 0 aliphatic heterocycles. The number of nitrogens with one attached hydrogen (secondary N) is 1. The van der Waals surface area contributed by atoms with Crippen LogP contribution in [0.2, 0.25) is 0 Å². The van der Waals surface area contributed by atoms with Gasteiger partial charge in [0.05, 0.1) is 18.8 Å². The van der Waals surface area contributed by atoms with E-state index in [1.807, 2.05) is 0 Å². The first-order valence-corrected chi connectivity index (χ1v) is 7.62. The second-order valence-corrected chi connectivity index (χ2v) is 5.70. The van der Waals surface area contributed by atoms with Crippen LogP contribution in [-0.4, -0.2) is 51.7 Å². The molecule has 0 aromatic carbocycles. The van der Waals surface area contributed by atoms with Crippen LogP contribution < -0.4 is 5.32 Å². The van der Waals surface area contributed by atoms with Gasteiger partial charge in [-0.1, -0.05) is 13.8 Å². The molecule has 114 valence electrons. The number of ether oxygens (including phenoxy) is 3. The van der Waals surface area contributed by atoms with Gasteiger partial charge in [-0.2, -0.15) is 0 Å². The minimum absolute atomic E-state index is 0.137. The van der Waals surface area contributed by atoms with Gasteiger partial charge in [-0.15, -0.1) is 0 Å². The van der Waals surface area contributed by atoms with Gasteiger partial charge in [0, 0.05) is 26.4 Å². The number of methoxy groups -OCH3 is 1. The van der Waals surface area contributed by atoms with Crippen molar-refractivity contribution >= 4 is 0 Å². The van der Waals surface area contributed by atoms with Crippen LogP contribution in [0.3, 0.4) is 0 Å². The summed E-state index contributed by atoms with van der Waals surface area (Å²) in [6.45, 7) is 8.36. The Morgan fingerprint density at radius 3 is 2.47 bits per heavy atom. The Morgan fingerprint density at radius 1 is 1.11 bits per heavy atom. The summed E-state index contributed by atoms with van der Waals surface area (Å²) in [7, 11) is 1.72. The molecule has 4 heteroatoms. The molecule has 0 spiro atoms. The van der Waals surface area contributed by atoms with Gasteiger partial charge in [0.25, 0.3) is 0 Å². The van der Waals surface area contributed by atoms with Crippen LogP contribution >= 0.6 is 0 Å². The highest BCUT2D eigenvalue weighted by Gasteiger charge is 2.37. The Morgan fingerprint density at radius 2 is 1.89 bits per heavy atom. The van der Waals surface area contributed by atoms with Gasteiger partial charge in [0.15, 0.2) is 0 Å². The number of hydrogen-bond acceptors (Lipinski definition) is 4. The predicted octanol–water partition coefficient (Wildman–Crippen LogP) is 2.37. The van der Waals surface area contributed by atoms with Crippen molar-refractivity contribution < 1.29 is 14.2 Å². The highest BCUT2D eigenvalue weighted by atomic mass is 16.5. The van der Waals surface area contributed by atoms with E-state index in [9.17, 15) is 0 Å². The van der Waals surface area contributed by atoms with Crippen LogP contribution in [0.1, 0.15) is 46.0 Å². The summed E-state index contributed by atoms with van der Waals surface area (Å²) in [5.41, 5.74) is 0.137. The Bertz CT molecular complexity index is 217. The Balaban J connectivity index is 2.01. The molecule has 0 radical (unpaired) electrons. The summed E-state index contributed by atoms with van der Waals surface area (Å²) < 4.78 is 16.6. The quantitative estimate of drug-likeness (QED) is 0.554. The highest BCUT2D eigenvalue weighted by Crippen LogP contribution is 2.38. The lowest BCUT2D eigenvalue weighted by Crippen LogP contribution is -2.44. The van der Waals surface area contributed by atoms with Gasteiger partial charge in [0.1, 0.15) is 0 Å². The van der Waals surface area contributed by atoms with E-state index in [-0.39, 0.29) is 5.60 Å². The third-order valence-electron chi connectivity index (χ3n) is 3.67. The third-order valence-corrected chi connectivity index (χ3v) is 3.67. The topological polar surface area (TPSA) is 39.7 Å². The third kappa shape index (κ3) is 7.25. The first-order chi connectivity index (χ1) is 9.18. The second-order valence-electron chi connectivity index (χ2n) is 5.70. The molecule has 0 bridgehead atoms. The SMILES string of the molecule is COCCCOCCOC1(CCNC(C)C)CCC1. The van der Waals surface area contributed by atoms with Crippen molar-refractivity contribution in [3.8, 4) is 0 Å². The summed E-state index contributed by atoms with van der Waals surface area (Å²) in [5.74, 6) is 0. The van der Waals surface area contributed by atoms with Crippen molar-refractivity contribution in [3.63, 3.8) is 0 Å². The molecular weight excluding hydrogens is 242 g/mol. The van der Waals surface area contributed by atoms with E-state index < -0.39 is 0 Å². The molecule has 4 nitrogen and oxygen atoms in total. The van der Waals surface area contributed by atoms with E-state index in [1.54, 1.807) is 7.11 Å². The smallest absolute Gasteiger partial charge is 0.0708 e. The summed E-state index contributed by atoms with van der Waals surface area (Å²) >= 11 is 0. The standard InChI is InChI=1S/C15H31NO3/c1-14(2)16-9-8-15(6-4-7-15)19-13-12-18-11-5-10-17-3/h14,16H,4-13H2,1-3H3. The average Bonchev–Trinajstić information content (AvgIpc) is 2.33. The fourth-order valence-corrected chi connectivity index (χ4v) is 2.35. The van der Waals surface area contributed by atoms with Gasteiger partial charge < -0.3 is 19.5 Å². The van der Waals surface area contributed by atoms with Crippen molar-refractivity contribution in [2.75, 3.05) is 40.1 Å². The fourth-order valence-electron chi connectivity index (χ4n) is 2.35. The Hall–Kier alpha value is -0.160. The summed E-state index contributed by atoms with van der Waals surface area (Å²) in [6, 6.07) is 0.557. The minimum atomic E-state index is 0.137. The van der Waals surface area contributed by atoms with Gasteiger partial charge >= 0.3 is 0 Å². The molecule has 19 heavy (non-hydrogen) atoms. The van der Waals surface area contributed by atoms with Crippen molar-refractivity contribution in [1.29, 1.82) is 0 Å². The highest BCUT2D eigenvalue weighted by molar-refractivity contribution is 4.90. The molecule has 0 heterocycles. The summed E-state index contributed by atoms with van der Waals surface area (Å²) in [4.78, 5) is 0. The lowest BCUT2D eigenvalue weighted by Gasteiger charge is -2.42. The molecule has 1 rings (SSSR count). The molecule has 0 amide bonds. The van der Waals surface area contributed by atoms with Crippen LogP contribution in [0, 0.1) is 0 Å². The second kappa shape index (κ2) is 9.70. The molecule has 0 aromatic rings. The normalized spacial score (nSPS) is 17.7. The zero-order chi connectivity index (χ0) is 14.0. The Kier molecular flexibility index (Phi) is 8.62. The monoisotopic (exact) mass is 273 g/mol. The van der Waals surface area contributed by atoms with E-state index in [0.717, 1.165) is 32.6 Å². The molecule has 1 aliphatic carbocycles. The molecule has 0 atom stereocenters. The maximum atomic E-state index is 6.06. The van der Waals surface area contributed by atoms with Crippen LogP contribution in [0.5, 0.6) is 0 Å². The maximum Gasteiger partial charge on any atom is 0.0708 e. The largest absolute Gasteiger partial charge is 0.385 e. The summed E-state index contributed by atoms with van der Waals surface area (Å²) in [6.07, 6.45) is 5.79. The van der Waals surface area contributed by atoms with Crippen molar-refractivity contribution in [1.82, 2.24) is 5.32 Å². The van der Waals surface area contributed by atoms with Gasteiger partial charge in [-0.05, 0) is 38.6 Å². The average molecular weight is 273 g/mol. The molecular formula is C15H31NO3. The lowest BCUT2D eigenvalue weighted by atomic mass is 9.77. The van der Waals surface area contributed by atoms with Gasteiger partial charge in [-0.3, -0.25) is 0 Å². The van der Waals surface area contributed by atoms with Crippen molar-refractivity contribution in [2.24, 2.45) is 0 Å². The van der Waals surface area contributed by atoms with Gasteiger partial charge in [-0.25, -0.2) is 0 Å². The molecule has 1 fully saturated rings. The summed E-state index contributed by atoms with van der Waals surface area (Å²) in [5, 5.41) is 3.47. The molecule has 1 saturated carbocycles. The van der Waals surface area contributed by atoms with Gasteiger partial charge in [0.2, 0.25) is 0 Å². The van der Waals surface area contributed by atoms with E-state index in [1.165, 1.54) is 19.3 Å². The van der Waals surface area contributed by atoms with E-state index >= 15 is 0 Å². The zero-order valence-corrected chi connectivity index (χ0v) is 12.9. The van der Waals surface area contributed by atoms with E-state index in [4.69, 9.17) is 14.2 Å². The van der Waals surface area contributed by atoms with Crippen molar-refractivity contribution in [2.45, 2.75) is 57.6 Å². The Labute approximate surface area is 118 Å². The lowest BCUT2D eigenvalue weighted by molar-refractivity contribution is -0.118. The fraction of sp³-hybridized carbons (Fsp3) is 1.00. The van der Waals surface area contributed by atoms with Crippen LogP contribution in [-0.2, 0) is 14.2 Å². The molecule has 1 aliphatic rings. The first-order valence-electron chi connectivity index (χ1n) is 7.62. The van der Waals surface area contributed by atoms with Crippen LogP contribution in [0.15, 0.2) is 0 Å². The molecule has 0 aromatic heterocycles.